The molecule has 0 saturated heterocycles. The molecule has 0 fully saturated rings. The van der Waals surface area contributed by atoms with Crippen molar-refractivity contribution in [1.29, 1.82) is 0 Å². The smallest absolute Gasteiger partial charge is 0.344 e. The molecule has 0 bridgehead atoms. The molecule has 0 spiro atoms. The summed E-state index contributed by atoms with van der Waals surface area (Å²) in [5.74, 6) is 0.525. The van der Waals surface area contributed by atoms with Gasteiger partial charge in [-0.25, -0.2) is 10.2 Å². The zero-order chi connectivity index (χ0) is 22.9. The van der Waals surface area contributed by atoms with Gasteiger partial charge >= 0.3 is 11.9 Å². The fraction of sp³-hybridized carbons (Fsp3) is 0.261. The Balaban J connectivity index is 1.67. The summed E-state index contributed by atoms with van der Waals surface area (Å²) < 4.78 is 26.7. The van der Waals surface area contributed by atoms with Crippen molar-refractivity contribution in [2.24, 2.45) is 5.10 Å². The van der Waals surface area contributed by atoms with Gasteiger partial charge in [-0.3, -0.25) is 4.79 Å². The van der Waals surface area contributed by atoms with E-state index < -0.39 is 11.9 Å². The number of nitrogens with one attached hydrogen (secondary N) is 1. The van der Waals surface area contributed by atoms with Gasteiger partial charge in [0.15, 0.2) is 35.2 Å². The topological polar surface area (TPSA) is 109 Å². The average molecular weight is 440 g/mol. The Morgan fingerprint density at radius 3 is 2.62 bits per heavy atom. The van der Waals surface area contributed by atoms with Gasteiger partial charge in [0, 0.05) is 5.39 Å². The molecule has 168 valence electrons. The van der Waals surface area contributed by atoms with Gasteiger partial charge in [-0.05, 0) is 49.7 Å². The molecule has 1 aromatic heterocycles. The molecule has 0 aliphatic carbocycles. The Kier molecular flexibility index (Phi) is 7.69. The number of amides is 1. The van der Waals surface area contributed by atoms with E-state index in [1.807, 2.05) is 19.1 Å². The first-order valence-electron chi connectivity index (χ1n) is 10.0. The number of furan rings is 1. The molecule has 0 aliphatic rings. The van der Waals surface area contributed by atoms with E-state index in [-0.39, 0.29) is 19.0 Å². The largest absolute Gasteiger partial charge is 0.493 e. The van der Waals surface area contributed by atoms with Crippen LogP contribution in [-0.4, -0.2) is 45.0 Å². The first-order chi connectivity index (χ1) is 15.5. The lowest BCUT2D eigenvalue weighted by atomic mass is 10.2. The van der Waals surface area contributed by atoms with Gasteiger partial charge in [-0.15, -0.1) is 0 Å². The predicted octanol–water partition coefficient (Wildman–Crippen LogP) is 3.55. The third kappa shape index (κ3) is 5.57. The van der Waals surface area contributed by atoms with Gasteiger partial charge in [0.2, 0.25) is 0 Å². The van der Waals surface area contributed by atoms with Gasteiger partial charge in [0.25, 0.3) is 0 Å². The van der Waals surface area contributed by atoms with Crippen LogP contribution in [0.25, 0.3) is 11.0 Å². The third-order valence-electron chi connectivity index (χ3n) is 4.25. The molecule has 1 N–H and O–H groups in total. The number of hydrogen-bond donors (Lipinski definition) is 1. The molecule has 0 radical (unpaired) electrons. The minimum absolute atomic E-state index is 0.111. The SMILES string of the molecule is CCOC(=O)COc1ccc(/C=N\NC(=O)c2cc3cccc(OC)c3o2)cc1OCC. The number of fused-ring (bicyclic) bond motifs is 1. The highest BCUT2D eigenvalue weighted by Gasteiger charge is 2.14. The number of carbonyl (C=O) groups excluding carboxylic acids is 2. The van der Waals surface area contributed by atoms with Crippen molar-refractivity contribution < 1.29 is 33.0 Å². The quantitative estimate of drug-likeness (QED) is 0.292. The summed E-state index contributed by atoms with van der Waals surface area (Å²) in [4.78, 5) is 23.9. The van der Waals surface area contributed by atoms with Crippen LogP contribution in [0.3, 0.4) is 0 Å². The Labute approximate surface area is 184 Å². The standard InChI is InChI=1S/C23H24N2O7/c1-4-29-19-11-15(9-10-17(19)31-14-21(26)30-5-2)13-24-25-23(27)20-12-16-7-6-8-18(28-3)22(16)32-20/h6-13H,4-5,14H2,1-3H3,(H,25,27)/b24-13-. The molecule has 2 aromatic carbocycles. The number of methoxy groups -OCH3 is 1. The number of nitrogens with zero attached hydrogens (tertiary/aromatic N) is 1. The first kappa shape index (κ1) is 22.7. The first-order valence-corrected chi connectivity index (χ1v) is 10.0. The van der Waals surface area contributed by atoms with Crippen LogP contribution in [-0.2, 0) is 9.53 Å². The van der Waals surface area contributed by atoms with E-state index in [1.54, 1.807) is 37.3 Å². The van der Waals surface area contributed by atoms with Crippen molar-refractivity contribution in [3.8, 4) is 17.2 Å². The molecule has 0 unspecified atom stereocenters. The number of hydrazone groups is 1. The van der Waals surface area contributed by atoms with E-state index >= 15 is 0 Å². The van der Waals surface area contributed by atoms with Crippen molar-refractivity contribution in [2.75, 3.05) is 26.9 Å². The Morgan fingerprint density at radius 2 is 1.88 bits per heavy atom. The molecule has 0 aliphatic heterocycles. The molecule has 0 saturated carbocycles. The van der Waals surface area contributed by atoms with Crippen LogP contribution >= 0.6 is 0 Å². The van der Waals surface area contributed by atoms with E-state index in [0.717, 1.165) is 5.39 Å². The van der Waals surface area contributed by atoms with Gasteiger partial charge in [0.1, 0.15) is 0 Å². The summed E-state index contributed by atoms with van der Waals surface area (Å²) in [6.45, 7) is 4.02. The minimum Gasteiger partial charge on any atom is -0.493 e. The van der Waals surface area contributed by atoms with E-state index in [9.17, 15) is 9.59 Å². The molecular formula is C23H24N2O7. The van der Waals surface area contributed by atoms with Crippen LogP contribution in [0.4, 0.5) is 0 Å². The second kappa shape index (κ2) is 10.9. The summed E-state index contributed by atoms with van der Waals surface area (Å²) in [5, 5.41) is 4.72. The van der Waals surface area contributed by atoms with Crippen molar-refractivity contribution in [1.82, 2.24) is 5.43 Å². The molecule has 0 atom stereocenters. The molecule has 1 heterocycles. The molecule has 1 amide bonds. The molecule has 3 aromatic rings. The highest BCUT2D eigenvalue weighted by Crippen LogP contribution is 2.29. The summed E-state index contributed by atoms with van der Waals surface area (Å²) in [5.41, 5.74) is 3.57. The number of para-hydroxylation sites is 1. The van der Waals surface area contributed by atoms with Gasteiger partial charge in [-0.1, -0.05) is 12.1 Å². The Bertz CT molecular complexity index is 1120. The maximum absolute atomic E-state index is 12.4. The van der Waals surface area contributed by atoms with Crippen molar-refractivity contribution >= 4 is 29.1 Å². The van der Waals surface area contributed by atoms with Crippen LogP contribution in [0.1, 0.15) is 30.0 Å². The highest BCUT2D eigenvalue weighted by molar-refractivity contribution is 5.97. The van der Waals surface area contributed by atoms with Crippen LogP contribution in [0.2, 0.25) is 0 Å². The van der Waals surface area contributed by atoms with E-state index in [4.69, 9.17) is 23.4 Å². The molecule has 32 heavy (non-hydrogen) atoms. The van der Waals surface area contributed by atoms with Crippen LogP contribution in [0.5, 0.6) is 17.2 Å². The van der Waals surface area contributed by atoms with Crippen molar-refractivity contribution in [3.63, 3.8) is 0 Å². The monoisotopic (exact) mass is 440 g/mol. The zero-order valence-corrected chi connectivity index (χ0v) is 18.0. The second-order valence-electron chi connectivity index (χ2n) is 6.42. The maximum atomic E-state index is 12.4. The van der Waals surface area contributed by atoms with Crippen molar-refractivity contribution in [3.05, 3.63) is 53.8 Å². The summed E-state index contributed by atoms with van der Waals surface area (Å²) >= 11 is 0. The number of benzene rings is 2. The number of ether oxygens (including phenoxy) is 4. The summed E-state index contributed by atoms with van der Waals surface area (Å²) in [6.07, 6.45) is 1.46. The van der Waals surface area contributed by atoms with E-state index in [2.05, 4.69) is 10.5 Å². The Hall–Kier alpha value is -4.01. The molecule has 9 heteroatoms. The normalized spacial score (nSPS) is 10.8. The lowest BCUT2D eigenvalue weighted by Crippen LogP contribution is -2.16. The number of carbonyl (C=O) groups is 2. The van der Waals surface area contributed by atoms with Gasteiger partial charge in [-0.2, -0.15) is 5.10 Å². The summed E-state index contributed by atoms with van der Waals surface area (Å²) in [6, 6.07) is 12.1. The number of hydrogen-bond acceptors (Lipinski definition) is 8. The lowest BCUT2D eigenvalue weighted by Gasteiger charge is -2.12. The predicted molar refractivity (Wildman–Crippen MR) is 118 cm³/mol. The Morgan fingerprint density at radius 1 is 1.03 bits per heavy atom. The van der Waals surface area contributed by atoms with Crippen LogP contribution in [0.15, 0.2) is 52.0 Å². The third-order valence-corrected chi connectivity index (χ3v) is 4.25. The second-order valence-corrected chi connectivity index (χ2v) is 6.42. The summed E-state index contributed by atoms with van der Waals surface area (Å²) in [7, 11) is 1.53. The molecular weight excluding hydrogens is 416 g/mol. The lowest BCUT2D eigenvalue weighted by molar-refractivity contribution is -0.145. The van der Waals surface area contributed by atoms with Crippen LogP contribution in [0, 0.1) is 0 Å². The maximum Gasteiger partial charge on any atom is 0.344 e. The fourth-order valence-corrected chi connectivity index (χ4v) is 2.86. The highest BCUT2D eigenvalue weighted by atomic mass is 16.6. The minimum atomic E-state index is -0.501. The molecule has 9 nitrogen and oxygen atoms in total. The molecule has 3 rings (SSSR count). The van der Waals surface area contributed by atoms with E-state index in [1.165, 1.54) is 13.3 Å². The zero-order valence-electron chi connectivity index (χ0n) is 18.0. The van der Waals surface area contributed by atoms with Crippen LogP contribution < -0.4 is 19.6 Å². The fourth-order valence-electron chi connectivity index (χ4n) is 2.86. The van der Waals surface area contributed by atoms with Gasteiger partial charge in [0.05, 0.1) is 26.5 Å². The number of esters is 1. The number of rotatable bonds is 10. The van der Waals surface area contributed by atoms with Crippen molar-refractivity contribution in [2.45, 2.75) is 13.8 Å². The van der Waals surface area contributed by atoms with E-state index in [0.29, 0.717) is 35.0 Å². The average Bonchev–Trinajstić information content (AvgIpc) is 3.23. The van der Waals surface area contributed by atoms with Gasteiger partial charge < -0.3 is 23.4 Å².